The second kappa shape index (κ2) is 7.26. The lowest BCUT2D eigenvalue weighted by atomic mass is 9.86. The number of amides is 1. The molecule has 2 aromatic carbocycles. The molecule has 2 heterocycles. The van der Waals surface area contributed by atoms with Gasteiger partial charge in [-0.25, -0.2) is 4.68 Å². The van der Waals surface area contributed by atoms with Crippen molar-refractivity contribution in [2.45, 2.75) is 12.3 Å². The van der Waals surface area contributed by atoms with Gasteiger partial charge >= 0.3 is 0 Å². The van der Waals surface area contributed by atoms with E-state index >= 15 is 0 Å². The largest absolute Gasteiger partial charge is 0.496 e. The second-order valence-electron chi connectivity index (χ2n) is 6.45. The van der Waals surface area contributed by atoms with Crippen molar-refractivity contribution >= 4 is 11.7 Å². The van der Waals surface area contributed by atoms with E-state index in [1.54, 1.807) is 38.3 Å². The first-order chi connectivity index (χ1) is 13.7. The number of carbonyl (C=O) groups is 1. The van der Waals surface area contributed by atoms with Gasteiger partial charge in [-0.15, -0.1) is 0 Å². The average molecular weight is 379 g/mol. The Balaban J connectivity index is 1.86. The van der Waals surface area contributed by atoms with Crippen molar-refractivity contribution in [2.75, 3.05) is 26.6 Å². The molecule has 1 amide bonds. The molecule has 0 saturated carbocycles. The van der Waals surface area contributed by atoms with Crippen LogP contribution in [-0.4, -0.2) is 37.0 Å². The molecule has 0 spiro atoms. The topological polar surface area (TPSA) is 74.6 Å². The quantitative estimate of drug-likeness (QED) is 0.736. The van der Waals surface area contributed by atoms with Crippen LogP contribution in [0, 0.1) is 0 Å². The second-order valence-corrected chi connectivity index (χ2v) is 6.45. The van der Waals surface area contributed by atoms with Crippen LogP contribution >= 0.6 is 0 Å². The van der Waals surface area contributed by atoms with E-state index in [-0.39, 0.29) is 11.8 Å². The molecule has 0 unspecified atom stereocenters. The summed E-state index contributed by atoms with van der Waals surface area (Å²) in [6.07, 6.45) is 2.09. The van der Waals surface area contributed by atoms with Gasteiger partial charge in [-0.05, 0) is 18.2 Å². The van der Waals surface area contributed by atoms with Crippen molar-refractivity contribution in [3.8, 4) is 22.9 Å². The maximum atomic E-state index is 12.5. The Morgan fingerprint density at radius 2 is 1.64 bits per heavy atom. The zero-order chi connectivity index (χ0) is 19.7. The Hall–Kier alpha value is -3.48. The molecule has 7 heteroatoms. The molecule has 4 rings (SSSR count). The summed E-state index contributed by atoms with van der Waals surface area (Å²) in [4.78, 5) is 12.5. The van der Waals surface area contributed by atoms with Gasteiger partial charge in [0, 0.05) is 29.5 Å². The molecule has 1 aromatic heterocycles. The lowest BCUT2D eigenvalue weighted by molar-refractivity contribution is -0.116. The minimum atomic E-state index is -0.212. The van der Waals surface area contributed by atoms with E-state index in [9.17, 15) is 4.79 Å². The zero-order valence-electron chi connectivity index (χ0n) is 15.9. The fraction of sp³-hybridized carbons (Fsp3) is 0.238. The van der Waals surface area contributed by atoms with Gasteiger partial charge in [-0.1, -0.05) is 18.2 Å². The first kappa shape index (κ1) is 17.9. The number of hydrogen-bond donors (Lipinski definition) is 1. The first-order valence-electron chi connectivity index (χ1n) is 8.89. The first-order valence-corrected chi connectivity index (χ1v) is 8.89. The number of hydrogen-bond acceptors (Lipinski definition) is 5. The van der Waals surface area contributed by atoms with Crippen molar-refractivity contribution in [1.29, 1.82) is 0 Å². The molecule has 0 radical (unpaired) electrons. The molecule has 144 valence electrons. The molecular weight excluding hydrogens is 358 g/mol. The van der Waals surface area contributed by atoms with E-state index in [0.717, 1.165) is 16.8 Å². The molecular formula is C21H21N3O4. The lowest BCUT2D eigenvalue weighted by Crippen LogP contribution is -2.25. The van der Waals surface area contributed by atoms with Crippen LogP contribution in [0.3, 0.4) is 0 Å². The van der Waals surface area contributed by atoms with Gasteiger partial charge in [0.25, 0.3) is 0 Å². The van der Waals surface area contributed by atoms with Gasteiger partial charge in [-0.2, -0.15) is 5.10 Å². The summed E-state index contributed by atoms with van der Waals surface area (Å²) in [5, 5.41) is 7.48. The molecule has 0 fully saturated rings. The fourth-order valence-corrected chi connectivity index (χ4v) is 3.59. The van der Waals surface area contributed by atoms with E-state index in [0.29, 0.717) is 29.5 Å². The van der Waals surface area contributed by atoms with E-state index < -0.39 is 0 Å². The van der Waals surface area contributed by atoms with Gasteiger partial charge in [0.2, 0.25) is 5.91 Å². The molecule has 1 atom stereocenters. The molecule has 3 aromatic rings. The highest BCUT2D eigenvalue weighted by molar-refractivity contribution is 5.94. The maximum Gasteiger partial charge on any atom is 0.226 e. The smallest absolute Gasteiger partial charge is 0.226 e. The maximum absolute atomic E-state index is 12.5. The van der Waals surface area contributed by atoms with Gasteiger partial charge in [0.05, 0.1) is 33.2 Å². The number of benzene rings is 2. The van der Waals surface area contributed by atoms with Crippen molar-refractivity contribution in [3.63, 3.8) is 0 Å². The Kier molecular flexibility index (Phi) is 4.65. The molecule has 1 aliphatic heterocycles. The standard InChI is InChI=1S/C21H21N3O4/c1-26-17-11-19(28-3)18(27-2)9-15(17)14-10-20(25)23-21-16(14)12-22-24(21)13-7-5-4-6-8-13/h4-9,11-12,14H,10H2,1-3H3,(H,23,25)/t14-/m0/s1. The van der Waals surface area contributed by atoms with Crippen LogP contribution in [0.1, 0.15) is 23.5 Å². The molecule has 28 heavy (non-hydrogen) atoms. The van der Waals surface area contributed by atoms with Crippen LogP contribution in [-0.2, 0) is 4.79 Å². The van der Waals surface area contributed by atoms with Gasteiger partial charge in [0.1, 0.15) is 11.6 Å². The SMILES string of the molecule is COc1cc(OC)c([C@@H]2CC(=O)Nc3c2cnn3-c2ccccc2)cc1OC. The molecule has 0 saturated heterocycles. The van der Waals surface area contributed by atoms with Crippen LogP contribution in [0.5, 0.6) is 17.2 Å². The highest BCUT2D eigenvalue weighted by Gasteiger charge is 2.33. The average Bonchev–Trinajstić information content (AvgIpc) is 3.16. The molecule has 1 aliphatic rings. The number of nitrogens with one attached hydrogen (secondary N) is 1. The van der Waals surface area contributed by atoms with Crippen molar-refractivity contribution < 1.29 is 19.0 Å². The molecule has 7 nitrogen and oxygen atoms in total. The number of aromatic nitrogens is 2. The Morgan fingerprint density at radius 3 is 2.32 bits per heavy atom. The normalized spacial score (nSPS) is 15.5. The Bertz CT molecular complexity index is 1010. The number of anilines is 1. The van der Waals surface area contributed by atoms with E-state index in [4.69, 9.17) is 14.2 Å². The molecule has 0 bridgehead atoms. The Labute approximate surface area is 162 Å². The van der Waals surface area contributed by atoms with Crippen molar-refractivity contribution in [2.24, 2.45) is 0 Å². The number of nitrogens with zero attached hydrogens (tertiary/aromatic N) is 2. The summed E-state index contributed by atoms with van der Waals surface area (Å²) in [5.41, 5.74) is 2.65. The van der Waals surface area contributed by atoms with Gasteiger partial charge < -0.3 is 19.5 Å². The van der Waals surface area contributed by atoms with Crippen molar-refractivity contribution in [1.82, 2.24) is 9.78 Å². The number of methoxy groups -OCH3 is 3. The third-order valence-corrected chi connectivity index (χ3v) is 4.93. The minimum absolute atomic E-state index is 0.0768. The summed E-state index contributed by atoms with van der Waals surface area (Å²) in [7, 11) is 4.76. The monoisotopic (exact) mass is 379 g/mol. The number of para-hydroxylation sites is 1. The highest BCUT2D eigenvalue weighted by atomic mass is 16.5. The number of ether oxygens (including phenoxy) is 3. The summed E-state index contributed by atoms with van der Waals surface area (Å²) in [6, 6.07) is 13.3. The third kappa shape index (κ3) is 2.94. The Morgan fingerprint density at radius 1 is 0.964 bits per heavy atom. The highest BCUT2D eigenvalue weighted by Crippen LogP contribution is 2.45. The summed E-state index contributed by atoms with van der Waals surface area (Å²) >= 11 is 0. The third-order valence-electron chi connectivity index (χ3n) is 4.93. The van der Waals surface area contributed by atoms with E-state index in [2.05, 4.69) is 10.4 Å². The predicted octanol–water partition coefficient (Wildman–Crippen LogP) is 3.37. The van der Waals surface area contributed by atoms with Crippen LogP contribution < -0.4 is 19.5 Å². The van der Waals surface area contributed by atoms with Crippen LogP contribution in [0.15, 0.2) is 48.7 Å². The predicted molar refractivity (Wildman–Crippen MR) is 105 cm³/mol. The van der Waals surface area contributed by atoms with E-state index in [1.807, 2.05) is 36.4 Å². The summed E-state index contributed by atoms with van der Waals surface area (Å²) in [6.45, 7) is 0. The number of carbonyl (C=O) groups excluding carboxylic acids is 1. The van der Waals surface area contributed by atoms with E-state index in [1.165, 1.54) is 0 Å². The summed E-state index contributed by atoms with van der Waals surface area (Å²) in [5.74, 6) is 2.17. The number of rotatable bonds is 5. The summed E-state index contributed by atoms with van der Waals surface area (Å²) < 4.78 is 18.2. The molecule has 1 N–H and O–H groups in total. The van der Waals surface area contributed by atoms with Crippen LogP contribution in [0.2, 0.25) is 0 Å². The lowest BCUT2D eigenvalue weighted by Gasteiger charge is -2.26. The van der Waals surface area contributed by atoms with Crippen LogP contribution in [0.4, 0.5) is 5.82 Å². The molecule has 0 aliphatic carbocycles. The minimum Gasteiger partial charge on any atom is -0.496 e. The van der Waals surface area contributed by atoms with Crippen molar-refractivity contribution in [3.05, 3.63) is 59.8 Å². The fourth-order valence-electron chi connectivity index (χ4n) is 3.59. The van der Waals surface area contributed by atoms with Gasteiger partial charge in [0.15, 0.2) is 11.5 Å². The van der Waals surface area contributed by atoms with Crippen LogP contribution in [0.25, 0.3) is 5.69 Å². The van der Waals surface area contributed by atoms with Gasteiger partial charge in [-0.3, -0.25) is 4.79 Å². The zero-order valence-corrected chi connectivity index (χ0v) is 15.9. The number of fused-ring (bicyclic) bond motifs is 1.